The Bertz CT molecular complexity index is 304. The third-order valence-corrected chi connectivity index (χ3v) is 3.57. The third-order valence-electron chi connectivity index (χ3n) is 2.50. The molecule has 2 rings (SSSR count). The predicted molar refractivity (Wildman–Crippen MR) is 50.9 cm³/mol. The van der Waals surface area contributed by atoms with Gasteiger partial charge in [-0.25, -0.2) is 0 Å². The van der Waals surface area contributed by atoms with Crippen molar-refractivity contribution in [1.82, 2.24) is 0 Å². The van der Waals surface area contributed by atoms with Gasteiger partial charge in [-0.2, -0.15) is 0 Å². The summed E-state index contributed by atoms with van der Waals surface area (Å²) < 4.78 is 0. The molecule has 0 spiro atoms. The summed E-state index contributed by atoms with van der Waals surface area (Å²) in [5, 5.41) is 2.20. The average Bonchev–Trinajstić information content (AvgIpc) is 2.45. The number of allylic oxidation sites excluding steroid dienone is 2. The smallest absolute Gasteiger partial charge is 0.0331 e. The molecule has 1 heterocycles. The molecule has 0 saturated carbocycles. The highest BCUT2D eigenvalue weighted by atomic mass is 32.1. The molecule has 1 aliphatic carbocycles. The first-order valence-corrected chi connectivity index (χ1v) is 4.90. The van der Waals surface area contributed by atoms with E-state index < -0.39 is 0 Å². The fourth-order valence-electron chi connectivity index (χ4n) is 1.57. The van der Waals surface area contributed by atoms with E-state index in [-0.39, 0.29) is 0 Å². The summed E-state index contributed by atoms with van der Waals surface area (Å²) in [7, 11) is 0. The molecule has 0 radical (unpaired) electrons. The van der Waals surface area contributed by atoms with Crippen LogP contribution in [0, 0.1) is 0 Å². The quantitative estimate of drug-likeness (QED) is 0.550. The number of hydrogen-bond donors (Lipinski definition) is 0. The van der Waals surface area contributed by atoms with E-state index in [1.165, 1.54) is 23.3 Å². The van der Waals surface area contributed by atoms with Crippen LogP contribution >= 0.6 is 11.3 Å². The highest BCUT2D eigenvalue weighted by Crippen LogP contribution is 2.34. The van der Waals surface area contributed by atoms with E-state index in [1.807, 2.05) is 11.3 Å². The Labute approximate surface area is 71.6 Å². The average molecular weight is 164 g/mol. The standard InChI is InChI=1S/C10H12S/c1-7-3-4-9-5-6-11-10(9)8(7)2/h5-6H,3-4H2,1-2H3. The van der Waals surface area contributed by atoms with E-state index in [0.717, 1.165) is 0 Å². The van der Waals surface area contributed by atoms with Crippen LogP contribution < -0.4 is 0 Å². The van der Waals surface area contributed by atoms with Crippen molar-refractivity contribution in [1.29, 1.82) is 0 Å². The molecule has 0 amide bonds. The molecule has 0 bridgehead atoms. The van der Waals surface area contributed by atoms with E-state index in [9.17, 15) is 0 Å². The van der Waals surface area contributed by atoms with E-state index in [0.29, 0.717) is 0 Å². The molecule has 1 aromatic rings. The van der Waals surface area contributed by atoms with Crippen molar-refractivity contribution >= 4 is 16.9 Å². The fourth-order valence-corrected chi connectivity index (χ4v) is 2.61. The molecule has 0 aromatic carbocycles. The lowest BCUT2D eigenvalue weighted by Crippen LogP contribution is -1.96. The Morgan fingerprint density at radius 3 is 2.91 bits per heavy atom. The molecule has 0 nitrogen and oxygen atoms in total. The molecule has 0 fully saturated rings. The minimum Gasteiger partial charge on any atom is -0.144 e. The summed E-state index contributed by atoms with van der Waals surface area (Å²) in [5.41, 5.74) is 4.64. The molecule has 1 aliphatic rings. The van der Waals surface area contributed by atoms with Crippen LogP contribution in [-0.2, 0) is 6.42 Å². The van der Waals surface area contributed by atoms with Crippen molar-refractivity contribution < 1.29 is 0 Å². The Morgan fingerprint density at radius 1 is 1.27 bits per heavy atom. The minimum absolute atomic E-state index is 1.25. The third kappa shape index (κ3) is 1.04. The summed E-state index contributed by atoms with van der Waals surface area (Å²) in [5.74, 6) is 0. The summed E-state index contributed by atoms with van der Waals surface area (Å²) in [4.78, 5) is 1.52. The van der Waals surface area contributed by atoms with Crippen molar-refractivity contribution in [3.05, 3.63) is 27.5 Å². The maximum absolute atomic E-state index is 2.26. The first kappa shape index (κ1) is 7.11. The number of hydrogen-bond acceptors (Lipinski definition) is 1. The largest absolute Gasteiger partial charge is 0.144 e. The lowest BCUT2D eigenvalue weighted by atomic mass is 9.94. The van der Waals surface area contributed by atoms with Gasteiger partial charge in [0, 0.05) is 4.88 Å². The first-order chi connectivity index (χ1) is 5.29. The van der Waals surface area contributed by atoms with Crippen LogP contribution in [-0.4, -0.2) is 0 Å². The molecular formula is C10H12S. The summed E-state index contributed by atoms with van der Waals surface area (Å²) in [6, 6.07) is 2.26. The number of rotatable bonds is 0. The number of fused-ring (bicyclic) bond motifs is 1. The summed E-state index contributed by atoms with van der Waals surface area (Å²) in [6.45, 7) is 4.49. The Morgan fingerprint density at radius 2 is 2.09 bits per heavy atom. The summed E-state index contributed by atoms with van der Waals surface area (Å²) in [6.07, 6.45) is 2.51. The molecule has 0 unspecified atom stereocenters. The molecule has 11 heavy (non-hydrogen) atoms. The van der Waals surface area contributed by atoms with Crippen molar-refractivity contribution in [2.45, 2.75) is 26.7 Å². The Kier molecular flexibility index (Phi) is 1.61. The Hall–Kier alpha value is -0.560. The van der Waals surface area contributed by atoms with Crippen molar-refractivity contribution in [2.24, 2.45) is 0 Å². The second-order valence-corrected chi connectivity index (χ2v) is 4.10. The zero-order chi connectivity index (χ0) is 7.84. The minimum atomic E-state index is 1.25. The van der Waals surface area contributed by atoms with Crippen LogP contribution in [0.15, 0.2) is 17.0 Å². The molecule has 0 aliphatic heterocycles. The van der Waals surface area contributed by atoms with E-state index in [1.54, 1.807) is 11.1 Å². The van der Waals surface area contributed by atoms with Gasteiger partial charge in [0.2, 0.25) is 0 Å². The van der Waals surface area contributed by atoms with Crippen LogP contribution in [0.5, 0.6) is 0 Å². The molecular weight excluding hydrogens is 152 g/mol. The highest BCUT2D eigenvalue weighted by Gasteiger charge is 2.13. The summed E-state index contributed by atoms with van der Waals surface area (Å²) >= 11 is 1.88. The normalized spacial score (nSPS) is 16.9. The SMILES string of the molecule is CC1=C(C)c2sccc2CC1. The van der Waals surface area contributed by atoms with E-state index in [4.69, 9.17) is 0 Å². The van der Waals surface area contributed by atoms with Crippen molar-refractivity contribution in [3.8, 4) is 0 Å². The van der Waals surface area contributed by atoms with Gasteiger partial charge in [-0.05, 0) is 49.3 Å². The van der Waals surface area contributed by atoms with E-state index >= 15 is 0 Å². The van der Waals surface area contributed by atoms with Crippen LogP contribution in [0.25, 0.3) is 5.57 Å². The lowest BCUT2D eigenvalue weighted by molar-refractivity contribution is 0.925. The maximum Gasteiger partial charge on any atom is 0.0331 e. The Balaban J connectivity index is 2.57. The van der Waals surface area contributed by atoms with Crippen LogP contribution in [0.1, 0.15) is 30.7 Å². The lowest BCUT2D eigenvalue weighted by Gasteiger charge is -2.14. The molecule has 1 heteroatoms. The van der Waals surface area contributed by atoms with Crippen molar-refractivity contribution in [2.75, 3.05) is 0 Å². The first-order valence-electron chi connectivity index (χ1n) is 4.02. The van der Waals surface area contributed by atoms with Gasteiger partial charge in [-0.3, -0.25) is 0 Å². The maximum atomic E-state index is 2.26. The predicted octanol–water partition coefficient (Wildman–Crippen LogP) is 3.49. The zero-order valence-electron chi connectivity index (χ0n) is 6.98. The van der Waals surface area contributed by atoms with Gasteiger partial charge < -0.3 is 0 Å². The van der Waals surface area contributed by atoms with Gasteiger partial charge in [0.15, 0.2) is 0 Å². The van der Waals surface area contributed by atoms with Crippen LogP contribution in [0.4, 0.5) is 0 Å². The van der Waals surface area contributed by atoms with Crippen molar-refractivity contribution in [3.63, 3.8) is 0 Å². The number of aryl methyl sites for hydroxylation is 1. The van der Waals surface area contributed by atoms with Crippen LogP contribution in [0.3, 0.4) is 0 Å². The highest BCUT2D eigenvalue weighted by molar-refractivity contribution is 7.11. The van der Waals surface area contributed by atoms with Gasteiger partial charge in [0.05, 0.1) is 0 Å². The number of thiophene rings is 1. The van der Waals surface area contributed by atoms with Gasteiger partial charge in [-0.15, -0.1) is 11.3 Å². The molecule has 0 N–H and O–H groups in total. The van der Waals surface area contributed by atoms with Crippen LogP contribution in [0.2, 0.25) is 0 Å². The van der Waals surface area contributed by atoms with E-state index in [2.05, 4.69) is 25.3 Å². The van der Waals surface area contributed by atoms with Gasteiger partial charge in [0.1, 0.15) is 0 Å². The second kappa shape index (κ2) is 2.49. The monoisotopic (exact) mass is 164 g/mol. The zero-order valence-corrected chi connectivity index (χ0v) is 7.79. The molecule has 0 saturated heterocycles. The topological polar surface area (TPSA) is 0 Å². The fraction of sp³-hybridized carbons (Fsp3) is 0.400. The van der Waals surface area contributed by atoms with Gasteiger partial charge in [0.25, 0.3) is 0 Å². The molecule has 58 valence electrons. The van der Waals surface area contributed by atoms with Gasteiger partial charge >= 0.3 is 0 Å². The van der Waals surface area contributed by atoms with Gasteiger partial charge in [-0.1, -0.05) is 5.57 Å². The molecule has 1 aromatic heterocycles. The molecule has 0 atom stereocenters. The second-order valence-electron chi connectivity index (χ2n) is 3.18.